The summed E-state index contributed by atoms with van der Waals surface area (Å²) in [4.78, 5) is 25.6. The van der Waals surface area contributed by atoms with E-state index in [0.717, 1.165) is 64.5 Å². The van der Waals surface area contributed by atoms with Crippen molar-refractivity contribution in [1.29, 1.82) is 0 Å². The summed E-state index contributed by atoms with van der Waals surface area (Å²) in [6, 6.07) is 0.530. The molecule has 0 saturated carbocycles. The summed E-state index contributed by atoms with van der Waals surface area (Å²) in [6.45, 7) is 5.91. The van der Waals surface area contributed by atoms with Gasteiger partial charge >= 0.3 is 0 Å². The summed E-state index contributed by atoms with van der Waals surface area (Å²) in [5.74, 6) is 0.107. The van der Waals surface area contributed by atoms with Gasteiger partial charge in [-0.3, -0.25) is 24.6 Å². The van der Waals surface area contributed by atoms with E-state index in [-0.39, 0.29) is 11.8 Å². The molecule has 0 aromatic carbocycles. The van der Waals surface area contributed by atoms with Crippen LogP contribution >= 0.6 is 0 Å². The second-order valence-corrected chi connectivity index (χ2v) is 6.58. The normalized spacial score (nSPS) is 24.5. The Kier molecular flexibility index (Phi) is 6.12. The standard InChI is InChI=1S/C17H27N5O2/c1-18-17(23)14-11-21(13-15-10-19-4-5-20-15)6-7-22(12-14)16-2-8-24-9-3-16/h4-5,10,14,16H,2-3,6-9,11-13H2,1H3,(H,18,23)/t14-/m1/s1. The topological polar surface area (TPSA) is 70.6 Å². The molecule has 1 aromatic rings. The number of hydrogen-bond acceptors (Lipinski definition) is 6. The van der Waals surface area contributed by atoms with Gasteiger partial charge in [0.15, 0.2) is 0 Å². The van der Waals surface area contributed by atoms with E-state index in [1.54, 1.807) is 25.6 Å². The highest BCUT2D eigenvalue weighted by atomic mass is 16.5. The van der Waals surface area contributed by atoms with Gasteiger partial charge in [0.1, 0.15) is 0 Å². The SMILES string of the molecule is CNC(=O)[C@@H]1CN(Cc2cnccn2)CCN(C2CCOCC2)C1. The highest BCUT2D eigenvalue weighted by Gasteiger charge is 2.31. The molecule has 132 valence electrons. The molecule has 2 saturated heterocycles. The van der Waals surface area contributed by atoms with Crippen LogP contribution in [-0.2, 0) is 16.1 Å². The van der Waals surface area contributed by atoms with Crippen LogP contribution in [0.3, 0.4) is 0 Å². The van der Waals surface area contributed by atoms with Gasteiger partial charge in [0.05, 0.1) is 11.6 Å². The number of nitrogens with zero attached hydrogens (tertiary/aromatic N) is 4. The van der Waals surface area contributed by atoms with Gasteiger partial charge in [-0.2, -0.15) is 0 Å². The summed E-state index contributed by atoms with van der Waals surface area (Å²) in [5, 5.41) is 2.83. The Morgan fingerprint density at radius 2 is 2.12 bits per heavy atom. The largest absolute Gasteiger partial charge is 0.381 e. The first-order valence-electron chi connectivity index (χ1n) is 8.77. The van der Waals surface area contributed by atoms with Crippen LogP contribution in [0.15, 0.2) is 18.6 Å². The molecule has 1 N–H and O–H groups in total. The average molecular weight is 333 g/mol. The number of carbonyl (C=O) groups excluding carboxylic acids is 1. The third-order valence-electron chi connectivity index (χ3n) is 4.96. The van der Waals surface area contributed by atoms with Crippen LogP contribution in [0.5, 0.6) is 0 Å². The average Bonchev–Trinajstić information content (AvgIpc) is 2.85. The first kappa shape index (κ1) is 17.3. The molecule has 0 aliphatic carbocycles. The summed E-state index contributed by atoms with van der Waals surface area (Å²) < 4.78 is 5.49. The van der Waals surface area contributed by atoms with Crippen molar-refractivity contribution >= 4 is 5.91 Å². The number of amides is 1. The zero-order valence-electron chi connectivity index (χ0n) is 14.4. The van der Waals surface area contributed by atoms with Crippen molar-refractivity contribution in [1.82, 2.24) is 25.1 Å². The van der Waals surface area contributed by atoms with E-state index in [9.17, 15) is 4.79 Å². The molecule has 7 nitrogen and oxygen atoms in total. The fourth-order valence-corrected chi connectivity index (χ4v) is 3.64. The van der Waals surface area contributed by atoms with Crippen LogP contribution in [0, 0.1) is 5.92 Å². The number of ether oxygens (including phenoxy) is 1. The summed E-state index contributed by atoms with van der Waals surface area (Å²) in [6.07, 6.45) is 7.33. The molecule has 3 heterocycles. The molecule has 1 atom stereocenters. The molecular formula is C17H27N5O2. The van der Waals surface area contributed by atoms with Gasteiger partial charge in [0.25, 0.3) is 0 Å². The highest BCUT2D eigenvalue weighted by Crippen LogP contribution is 2.20. The van der Waals surface area contributed by atoms with Gasteiger partial charge in [-0.1, -0.05) is 0 Å². The maximum Gasteiger partial charge on any atom is 0.225 e. The molecule has 3 rings (SSSR count). The molecule has 2 aliphatic heterocycles. The Hall–Kier alpha value is -1.57. The van der Waals surface area contributed by atoms with Crippen molar-refractivity contribution in [2.75, 3.05) is 46.4 Å². The predicted molar refractivity (Wildman–Crippen MR) is 90.3 cm³/mol. The molecular weight excluding hydrogens is 306 g/mol. The van der Waals surface area contributed by atoms with Crippen molar-refractivity contribution < 1.29 is 9.53 Å². The number of hydrogen-bond donors (Lipinski definition) is 1. The quantitative estimate of drug-likeness (QED) is 0.845. The van der Waals surface area contributed by atoms with Gasteiger partial charge in [-0.15, -0.1) is 0 Å². The zero-order chi connectivity index (χ0) is 16.8. The van der Waals surface area contributed by atoms with Crippen LogP contribution in [0.1, 0.15) is 18.5 Å². The summed E-state index contributed by atoms with van der Waals surface area (Å²) in [7, 11) is 1.72. The Bertz CT molecular complexity index is 521. The van der Waals surface area contributed by atoms with Gasteiger partial charge in [0, 0.05) is 77.6 Å². The highest BCUT2D eigenvalue weighted by molar-refractivity contribution is 5.78. The lowest BCUT2D eigenvalue weighted by molar-refractivity contribution is -0.125. The molecule has 0 bridgehead atoms. The first-order valence-corrected chi connectivity index (χ1v) is 8.77. The van der Waals surface area contributed by atoms with Crippen LogP contribution in [0.4, 0.5) is 0 Å². The van der Waals surface area contributed by atoms with Crippen molar-refractivity contribution in [2.45, 2.75) is 25.4 Å². The lowest BCUT2D eigenvalue weighted by Crippen LogP contribution is -2.45. The van der Waals surface area contributed by atoms with Crippen LogP contribution in [0.2, 0.25) is 0 Å². The minimum absolute atomic E-state index is 0.0167. The van der Waals surface area contributed by atoms with Crippen molar-refractivity contribution in [3.05, 3.63) is 24.3 Å². The fraction of sp³-hybridized carbons (Fsp3) is 0.706. The summed E-state index contributed by atoms with van der Waals surface area (Å²) in [5.41, 5.74) is 0.952. The molecule has 1 aromatic heterocycles. The first-order chi connectivity index (χ1) is 11.8. The van der Waals surface area contributed by atoms with Crippen LogP contribution in [0.25, 0.3) is 0 Å². The van der Waals surface area contributed by atoms with Gasteiger partial charge in [-0.25, -0.2) is 0 Å². The molecule has 0 radical (unpaired) electrons. The Morgan fingerprint density at radius 1 is 1.29 bits per heavy atom. The van der Waals surface area contributed by atoms with Crippen molar-refractivity contribution in [3.63, 3.8) is 0 Å². The lowest BCUT2D eigenvalue weighted by Gasteiger charge is -2.34. The summed E-state index contributed by atoms with van der Waals surface area (Å²) >= 11 is 0. The monoisotopic (exact) mass is 333 g/mol. The van der Waals surface area contributed by atoms with E-state index in [4.69, 9.17) is 4.74 Å². The lowest BCUT2D eigenvalue weighted by atomic mass is 10.0. The molecule has 24 heavy (non-hydrogen) atoms. The Morgan fingerprint density at radius 3 is 2.83 bits per heavy atom. The maximum atomic E-state index is 12.3. The van der Waals surface area contributed by atoms with E-state index in [1.807, 2.05) is 0 Å². The van der Waals surface area contributed by atoms with Gasteiger partial charge < -0.3 is 10.1 Å². The van der Waals surface area contributed by atoms with Crippen LogP contribution in [-0.4, -0.2) is 78.2 Å². The van der Waals surface area contributed by atoms with Crippen molar-refractivity contribution in [3.8, 4) is 0 Å². The van der Waals surface area contributed by atoms with Gasteiger partial charge in [0.2, 0.25) is 5.91 Å². The second-order valence-electron chi connectivity index (χ2n) is 6.58. The van der Waals surface area contributed by atoms with E-state index < -0.39 is 0 Å². The molecule has 1 amide bonds. The van der Waals surface area contributed by atoms with Gasteiger partial charge in [-0.05, 0) is 12.8 Å². The third kappa shape index (κ3) is 4.49. The third-order valence-corrected chi connectivity index (χ3v) is 4.96. The van der Waals surface area contributed by atoms with Crippen molar-refractivity contribution in [2.24, 2.45) is 5.92 Å². The zero-order valence-corrected chi connectivity index (χ0v) is 14.4. The maximum absolute atomic E-state index is 12.3. The molecule has 0 unspecified atom stereocenters. The molecule has 0 spiro atoms. The van der Waals surface area contributed by atoms with E-state index in [1.165, 1.54) is 0 Å². The fourth-order valence-electron chi connectivity index (χ4n) is 3.64. The minimum atomic E-state index is -0.0167. The number of carbonyl (C=O) groups is 1. The second kappa shape index (κ2) is 8.50. The van der Waals surface area contributed by atoms with E-state index in [0.29, 0.717) is 6.04 Å². The molecule has 2 aliphatic rings. The molecule has 2 fully saturated rings. The molecule has 7 heteroatoms. The number of rotatable bonds is 4. The minimum Gasteiger partial charge on any atom is -0.381 e. The predicted octanol–water partition coefficient (Wildman–Crippen LogP) is 0.135. The smallest absolute Gasteiger partial charge is 0.225 e. The number of aromatic nitrogens is 2. The van der Waals surface area contributed by atoms with Crippen LogP contribution < -0.4 is 5.32 Å². The van der Waals surface area contributed by atoms with E-state index >= 15 is 0 Å². The Balaban J connectivity index is 1.68. The van der Waals surface area contributed by atoms with E-state index in [2.05, 4.69) is 25.1 Å². The Labute approximate surface area is 143 Å². The number of nitrogens with one attached hydrogen (secondary N) is 1.